The molecular weight excluding hydrogens is 244 g/mol. The average Bonchev–Trinajstić information content (AvgIpc) is 2.17. The van der Waals surface area contributed by atoms with Crippen LogP contribution in [0.1, 0.15) is 24.8 Å². The minimum atomic E-state index is -0.169. The van der Waals surface area contributed by atoms with E-state index in [0.29, 0.717) is 6.42 Å². The molecule has 0 radical (unpaired) electrons. The van der Waals surface area contributed by atoms with Gasteiger partial charge in [-0.05, 0) is 23.6 Å². The minimum absolute atomic E-state index is 0.169. The predicted molar refractivity (Wildman–Crippen MR) is 59.2 cm³/mol. The Morgan fingerprint density at radius 2 is 2.29 bits per heavy atom. The average molecular weight is 257 g/mol. The molecular formula is C11H13BrO2. The molecule has 1 rings (SSSR count). The summed E-state index contributed by atoms with van der Waals surface area (Å²) in [7, 11) is 1.41. The molecule has 0 aliphatic carbocycles. The van der Waals surface area contributed by atoms with Gasteiger partial charge >= 0.3 is 5.97 Å². The summed E-state index contributed by atoms with van der Waals surface area (Å²) in [4.78, 5) is 11.0. The van der Waals surface area contributed by atoms with E-state index >= 15 is 0 Å². The van der Waals surface area contributed by atoms with Crippen LogP contribution >= 0.6 is 15.9 Å². The molecule has 0 bridgehead atoms. The van der Waals surface area contributed by atoms with Crippen molar-refractivity contribution < 1.29 is 9.53 Å². The summed E-state index contributed by atoms with van der Waals surface area (Å²) < 4.78 is 5.66. The van der Waals surface area contributed by atoms with Crippen LogP contribution in [0.25, 0.3) is 0 Å². The molecule has 3 heteroatoms. The van der Waals surface area contributed by atoms with Crippen molar-refractivity contribution in [1.82, 2.24) is 0 Å². The molecule has 1 aromatic carbocycles. The Morgan fingerprint density at radius 3 is 2.86 bits per heavy atom. The van der Waals surface area contributed by atoms with Crippen molar-refractivity contribution in [1.29, 1.82) is 0 Å². The Balaban J connectivity index is 2.69. The third-order valence-electron chi connectivity index (χ3n) is 2.12. The van der Waals surface area contributed by atoms with Crippen LogP contribution in [0.5, 0.6) is 0 Å². The second kappa shape index (κ2) is 5.15. The largest absolute Gasteiger partial charge is 0.469 e. The number of methoxy groups -OCH3 is 1. The van der Waals surface area contributed by atoms with Gasteiger partial charge in [-0.25, -0.2) is 0 Å². The lowest BCUT2D eigenvalue weighted by Gasteiger charge is -2.10. The van der Waals surface area contributed by atoms with Crippen molar-refractivity contribution in [2.75, 3.05) is 7.11 Å². The van der Waals surface area contributed by atoms with Crippen LogP contribution in [-0.2, 0) is 9.53 Å². The molecule has 0 fully saturated rings. The van der Waals surface area contributed by atoms with Crippen molar-refractivity contribution >= 4 is 21.9 Å². The molecule has 2 nitrogen and oxygen atoms in total. The maximum Gasteiger partial charge on any atom is 0.306 e. The van der Waals surface area contributed by atoms with Crippen LogP contribution < -0.4 is 0 Å². The molecule has 14 heavy (non-hydrogen) atoms. The molecule has 0 aromatic heterocycles. The maximum atomic E-state index is 11.0. The Labute approximate surface area is 92.4 Å². The molecule has 0 aliphatic heterocycles. The Kier molecular flexibility index (Phi) is 4.14. The number of hydrogen-bond donors (Lipinski definition) is 0. The lowest BCUT2D eigenvalue weighted by atomic mass is 9.98. The van der Waals surface area contributed by atoms with Gasteiger partial charge in [0, 0.05) is 4.47 Å². The first kappa shape index (κ1) is 11.2. The zero-order chi connectivity index (χ0) is 10.6. The number of ether oxygens (including phenoxy) is 1. The van der Waals surface area contributed by atoms with Crippen LogP contribution in [0, 0.1) is 0 Å². The van der Waals surface area contributed by atoms with Gasteiger partial charge in [0.25, 0.3) is 0 Å². The van der Waals surface area contributed by atoms with E-state index in [0.717, 1.165) is 10.0 Å². The van der Waals surface area contributed by atoms with Gasteiger partial charge in [0.1, 0.15) is 0 Å². The second-order valence-electron chi connectivity index (χ2n) is 3.24. The van der Waals surface area contributed by atoms with Gasteiger partial charge in [-0.2, -0.15) is 0 Å². The van der Waals surface area contributed by atoms with E-state index in [4.69, 9.17) is 0 Å². The standard InChI is InChI=1S/C11H13BrO2/c1-8(6-11(13)14-2)9-4-3-5-10(12)7-9/h3-5,7-8H,6H2,1-2H3/t8-/m0/s1. The van der Waals surface area contributed by atoms with Gasteiger partial charge in [-0.1, -0.05) is 35.0 Å². The van der Waals surface area contributed by atoms with E-state index in [1.807, 2.05) is 31.2 Å². The van der Waals surface area contributed by atoms with Crippen LogP contribution in [0.4, 0.5) is 0 Å². The number of halogens is 1. The van der Waals surface area contributed by atoms with Crippen molar-refractivity contribution in [3.05, 3.63) is 34.3 Å². The molecule has 0 amide bonds. The van der Waals surface area contributed by atoms with Crippen molar-refractivity contribution in [2.45, 2.75) is 19.3 Å². The van der Waals surface area contributed by atoms with Crippen LogP contribution in [-0.4, -0.2) is 13.1 Å². The van der Waals surface area contributed by atoms with Crippen molar-refractivity contribution in [3.63, 3.8) is 0 Å². The van der Waals surface area contributed by atoms with E-state index in [-0.39, 0.29) is 11.9 Å². The fourth-order valence-corrected chi connectivity index (χ4v) is 1.68. The Hall–Kier alpha value is -0.830. The number of hydrogen-bond acceptors (Lipinski definition) is 2. The number of esters is 1. The van der Waals surface area contributed by atoms with Gasteiger partial charge in [-0.15, -0.1) is 0 Å². The molecule has 1 atom stereocenters. The van der Waals surface area contributed by atoms with Gasteiger partial charge in [0.2, 0.25) is 0 Å². The normalized spacial score (nSPS) is 12.2. The molecule has 0 unspecified atom stereocenters. The Morgan fingerprint density at radius 1 is 1.57 bits per heavy atom. The highest BCUT2D eigenvalue weighted by molar-refractivity contribution is 9.10. The number of carbonyl (C=O) groups excluding carboxylic acids is 1. The first-order chi connectivity index (χ1) is 6.63. The molecule has 0 spiro atoms. The highest BCUT2D eigenvalue weighted by atomic mass is 79.9. The molecule has 0 heterocycles. The summed E-state index contributed by atoms with van der Waals surface area (Å²) in [6, 6.07) is 7.97. The third kappa shape index (κ3) is 3.14. The van der Waals surface area contributed by atoms with Crippen LogP contribution in [0.15, 0.2) is 28.7 Å². The molecule has 0 aliphatic rings. The van der Waals surface area contributed by atoms with E-state index < -0.39 is 0 Å². The molecule has 0 saturated carbocycles. The van der Waals surface area contributed by atoms with E-state index in [9.17, 15) is 4.79 Å². The smallest absolute Gasteiger partial charge is 0.306 e. The first-order valence-electron chi connectivity index (χ1n) is 4.45. The van der Waals surface area contributed by atoms with Crippen molar-refractivity contribution in [3.8, 4) is 0 Å². The van der Waals surface area contributed by atoms with Gasteiger partial charge in [0.05, 0.1) is 13.5 Å². The second-order valence-corrected chi connectivity index (χ2v) is 4.15. The zero-order valence-electron chi connectivity index (χ0n) is 8.29. The predicted octanol–water partition coefficient (Wildman–Crippen LogP) is 3.12. The summed E-state index contributed by atoms with van der Waals surface area (Å²) in [5.41, 5.74) is 1.14. The molecule has 1 aromatic rings. The zero-order valence-corrected chi connectivity index (χ0v) is 9.87. The number of carbonyl (C=O) groups is 1. The topological polar surface area (TPSA) is 26.3 Å². The summed E-state index contributed by atoms with van der Waals surface area (Å²) >= 11 is 3.40. The van der Waals surface area contributed by atoms with Crippen molar-refractivity contribution in [2.24, 2.45) is 0 Å². The number of benzene rings is 1. The summed E-state index contributed by atoms with van der Waals surface area (Å²) in [6.07, 6.45) is 0.424. The summed E-state index contributed by atoms with van der Waals surface area (Å²) in [6.45, 7) is 2.01. The maximum absolute atomic E-state index is 11.0. The highest BCUT2D eigenvalue weighted by Gasteiger charge is 2.11. The summed E-state index contributed by atoms with van der Waals surface area (Å²) in [5, 5.41) is 0. The lowest BCUT2D eigenvalue weighted by molar-refractivity contribution is -0.140. The third-order valence-corrected chi connectivity index (χ3v) is 2.61. The van der Waals surface area contributed by atoms with E-state index in [1.54, 1.807) is 0 Å². The van der Waals surface area contributed by atoms with E-state index in [1.165, 1.54) is 7.11 Å². The van der Waals surface area contributed by atoms with Gasteiger partial charge < -0.3 is 4.74 Å². The van der Waals surface area contributed by atoms with Gasteiger partial charge in [0.15, 0.2) is 0 Å². The molecule has 76 valence electrons. The van der Waals surface area contributed by atoms with Crippen LogP contribution in [0.3, 0.4) is 0 Å². The highest BCUT2D eigenvalue weighted by Crippen LogP contribution is 2.22. The monoisotopic (exact) mass is 256 g/mol. The SMILES string of the molecule is COC(=O)C[C@H](C)c1cccc(Br)c1. The lowest BCUT2D eigenvalue weighted by Crippen LogP contribution is -2.05. The first-order valence-corrected chi connectivity index (χ1v) is 5.25. The van der Waals surface area contributed by atoms with Crippen LogP contribution in [0.2, 0.25) is 0 Å². The Bertz CT molecular complexity index is 323. The molecule has 0 saturated heterocycles. The summed E-state index contributed by atoms with van der Waals surface area (Å²) in [5.74, 6) is 0.0254. The fourth-order valence-electron chi connectivity index (χ4n) is 1.26. The van der Waals surface area contributed by atoms with E-state index in [2.05, 4.69) is 20.7 Å². The van der Waals surface area contributed by atoms with Gasteiger partial charge in [-0.3, -0.25) is 4.79 Å². The molecule has 0 N–H and O–H groups in total. The quantitative estimate of drug-likeness (QED) is 0.777. The fraction of sp³-hybridized carbons (Fsp3) is 0.364. The number of rotatable bonds is 3. The minimum Gasteiger partial charge on any atom is -0.469 e.